The Morgan fingerprint density at radius 3 is 1.58 bits per heavy atom. The van der Waals surface area contributed by atoms with Crippen molar-refractivity contribution in [1.29, 1.82) is 0 Å². The van der Waals surface area contributed by atoms with Gasteiger partial charge in [-0.15, -0.1) is 0 Å². The molecular weight excluding hydrogens is 291 g/mol. The quantitative estimate of drug-likeness (QED) is 0.340. The van der Waals surface area contributed by atoms with Crippen LogP contribution in [-0.4, -0.2) is 50.4 Å². The molecule has 0 aromatic carbocycles. The fourth-order valence-corrected chi connectivity index (χ4v) is 5.28. The predicted molar refractivity (Wildman–Crippen MR) is 73.3 cm³/mol. The molecule has 0 aromatic heterocycles. The Bertz CT molecular complexity index is 230. The highest BCUT2D eigenvalue weighted by Crippen LogP contribution is 2.40. The van der Waals surface area contributed by atoms with E-state index in [0.717, 1.165) is 0 Å². The second kappa shape index (κ2) is 9.33. The lowest BCUT2D eigenvalue weighted by Crippen LogP contribution is -2.65. The van der Waals surface area contributed by atoms with Crippen molar-refractivity contribution in [1.82, 2.24) is 0 Å². The normalized spacial score (nSPS) is 13.3. The highest BCUT2D eigenvalue weighted by Gasteiger charge is 2.61. The molecule has 0 atom stereocenters. The maximum absolute atomic E-state index is 9.19. The molecule has 0 rings (SSSR count). The number of ether oxygens (including phenoxy) is 2. The highest BCUT2D eigenvalue weighted by molar-refractivity contribution is 7.39. The van der Waals surface area contributed by atoms with Gasteiger partial charge in [0.05, 0.1) is 0 Å². The van der Waals surface area contributed by atoms with Crippen molar-refractivity contribution in [2.24, 2.45) is 0 Å². The van der Waals surface area contributed by atoms with Crippen LogP contribution >= 0.6 is 8.60 Å². The van der Waals surface area contributed by atoms with Gasteiger partial charge in [-0.2, -0.15) is 0 Å². The molecule has 7 nitrogen and oxygen atoms in total. The van der Waals surface area contributed by atoms with Gasteiger partial charge in [-0.05, 0) is 34.2 Å². The minimum atomic E-state index is -3.10. The van der Waals surface area contributed by atoms with Crippen LogP contribution in [0.4, 0.5) is 0 Å². The molecule has 0 saturated carbocycles. The second-order valence-corrected chi connectivity index (χ2v) is 7.35. The smallest absolute Gasteiger partial charge is 0.390 e. The topological polar surface area (TPSA) is 86.6 Å². The summed E-state index contributed by atoms with van der Waals surface area (Å²) in [6.45, 7) is 10.1. The van der Waals surface area contributed by atoms with Gasteiger partial charge in [0.15, 0.2) is 0 Å². The van der Waals surface area contributed by atoms with Crippen LogP contribution in [0.1, 0.15) is 27.7 Å². The standard InChI is InChI=1S/C10H25O7PSi/c1-6-13-10(14-7-2,17-18(11)12)19(5,15-8-3)16-9-4/h11-12H,6-9H2,1-5H3. The molecule has 0 amide bonds. The number of hydrogen-bond acceptors (Lipinski definition) is 7. The average molecular weight is 316 g/mol. The summed E-state index contributed by atoms with van der Waals surface area (Å²) in [6.07, 6.45) is 0. The summed E-state index contributed by atoms with van der Waals surface area (Å²) < 4.78 is 27.5. The lowest BCUT2D eigenvalue weighted by atomic mass is 10.8. The molecule has 0 radical (unpaired) electrons. The van der Waals surface area contributed by atoms with Crippen molar-refractivity contribution in [2.45, 2.75) is 39.8 Å². The SMILES string of the molecule is CCOC(OCC)(OP(O)O)[Si](C)(OCC)OCC. The zero-order valence-corrected chi connectivity index (χ0v) is 14.1. The first-order chi connectivity index (χ1) is 8.91. The predicted octanol–water partition coefficient (Wildman–Crippen LogP) is 1.63. The highest BCUT2D eigenvalue weighted by atomic mass is 31.2. The maximum atomic E-state index is 9.19. The van der Waals surface area contributed by atoms with Crippen LogP contribution in [0.3, 0.4) is 0 Å². The van der Waals surface area contributed by atoms with Crippen LogP contribution in [-0.2, 0) is 22.8 Å². The molecule has 0 aliphatic carbocycles. The van der Waals surface area contributed by atoms with E-state index in [0.29, 0.717) is 13.2 Å². The Hall–Kier alpha value is 0.367. The number of hydrogen-bond donors (Lipinski definition) is 2. The molecule has 9 heteroatoms. The van der Waals surface area contributed by atoms with Crippen LogP contribution in [0.5, 0.6) is 0 Å². The lowest BCUT2D eigenvalue weighted by Gasteiger charge is -2.42. The largest absolute Gasteiger partial charge is 0.436 e. The number of rotatable bonds is 11. The van der Waals surface area contributed by atoms with Gasteiger partial charge in [-0.1, -0.05) is 0 Å². The fraction of sp³-hybridized carbons (Fsp3) is 1.00. The molecule has 0 bridgehead atoms. The van der Waals surface area contributed by atoms with E-state index in [1.165, 1.54) is 0 Å². The minimum Gasteiger partial charge on any atom is -0.390 e. The van der Waals surface area contributed by atoms with Gasteiger partial charge in [-0.3, -0.25) is 4.52 Å². The molecule has 0 aromatic rings. The Morgan fingerprint density at radius 1 is 0.895 bits per heavy atom. The van der Waals surface area contributed by atoms with E-state index >= 15 is 0 Å². The molecule has 0 aliphatic heterocycles. The Morgan fingerprint density at radius 2 is 1.32 bits per heavy atom. The van der Waals surface area contributed by atoms with Crippen molar-refractivity contribution in [2.75, 3.05) is 26.4 Å². The Balaban J connectivity index is 5.42. The summed E-state index contributed by atoms with van der Waals surface area (Å²) in [6, 6.07) is 0. The zero-order valence-electron chi connectivity index (χ0n) is 12.2. The summed E-state index contributed by atoms with van der Waals surface area (Å²) in [5.41, 5.74) is -1.70. The third-order valence-electron chi connectivity index (χ3n) is 2.27. The monoisotopic (exact) mass is 316 g/mol. The third-order valence-corrected chi connectivity index (χ3v) is 6.02. The molecule has 0 heterocycles. The molecule has 0 aliphatic rings. The Kier molecular flexibility index (Phi) is 9.51. The van der Waals surface area contributed by atoms with Gasteiger partial charge >= 0.3 is 22.8 Å². The lowest BCUT2D eigenvalue weighted by molar-refractivity contribution is -0.308. The molecule has 116 valence electrons. The van der Waals surface area contributed by atoms with E-state index < -0.39 is 22.8 Å². The molecule has 2 N–H and O–H groups in total. The van der Waals surface area contributed by atoms with Gasteiger partial charge in [0.2, 0.25) is 0 Å². The van der Waals surface area contributed by atoms with E-state index in [2.05, 4.69) is 0 Å². The molecule has 19 heavy (non-hydrogen) atoms. The van der Waals surface area contributed by atoms with Crippen LogP contribution in [0.15, 0.2) is 0 Å². The van der Waals surface area contributed by atoms with Crippen LogP contribution in [0, 0.1) is 0 Å². The minimum absolute atomic E-state index is 0.256. The van der Waals surface area contributed by atoms with Crippen molar-refractivity contribution >= 4 is 17.2 Å². The summed E-state index contributed by atoms with van der Waals surface area (Å²) in [5.74, 6) is 0. The second-order valence-electron chi connectivity index (χ2n) is 3.58. The van der Waals surface area contributed by atoms with Crippen LogP contribution in [0.25, 0.3) is 0 Å². The molecular formula is C10H25O7PSi. The maximum Gasteiger partial charge on any atom is 0.436 e. The molecule has 0 unspecified atom stereocenters. The van der Waals surface area contributed by atoms with Crippen molar-refractivity contribution < 1.29 is 32.6 Å². The first-order valence-corrected chi connectivity index (χ1v) is 9.82. The van der Waals surface area contributed by atoms with Gasteiger partial charge in [0.25, 0.3) is 0 Å². The van der Waals surface area contributed by atoms with Crippen molar-refractivity contribution in [3.63, 3.8) is 0 Å². The van der Waals surface area contributed by atoms with Gasteiger partial charge in [0.1, 0.15) is 0 Å². The Labute approximate surface area is 117 Å². The first-order valence-electron chi connectivity index (χ1n) is 6.34. The zero-order chi connectivity index (χ0) is 14.9. The first kappa shape index (κ1) is 19.4. The van der Waals surface area contributed by atoms with Gasteiger partial charge in [0, 0.05) is 26.4 Å². The summed E-state index contributed by atoms with van der Waals surface area (Å²) in [5, 5.41) is 0. The summed E-state index contributed by atoms with van der Waals surface area (Å²) in [4.78, 5) is 18.4. The van der Waals surface area contributed by atoms with Crippen LogP contribution in [0.2, 0.25) is 6.55 Å². The van der Waals surface area contributed by atoms with E-state index in [9.17, 15) is 9.79 Å². The summed E-state index contributed by atoms with van der Waals surface area (Å²) >= 11 is 0. The third kappa shape index (κ3) is 5.34. The van der Waals surface area contributed by atoms with Crippen molar-refractivity contribution in [3.8, 4) is 0 Å². The molecule has 0 spiro atoms. The average Bonchev–Trinajstić information content (AvgIpc) is 2.29. The fourth-order valence-electron chi connectivity index (χ4n) is 1.70. The van der Waals surface area contributed by atoms with Gasteiger partial charge in [-0.25, -0.2) is 0 Å². The van der Waals surface area contributed by atoms with Crippen LogP contribution < -0.4 is 0 Å². The molecule has 0 fully saturated rings. The molecule has 0 saturated heterocycles. The van der Waals surface area contributed by atoms with E-state index in [1.807, 2.05) is 13.8 Å². The van der Waals surface area contributed by atoms with Crippen molar-refractivity contribution in [3.05, 3.63) is 0 Å². The van der Waals surface area contributed by atoms with E-state index in [1.54, 1.807) is 20.4 Å². The van der Waals surface area contributed by atoms with Gasteiger partial charge < -0.3 is 28.1 Å². The van der Waals surface area contributed by atoms with E-state index in [-0.39, 0.29) is 13.2 Å². The summed E-state index contributed by atoms with van der Waals surface area (Å²) in [7, 11) is -5.78. The van der Waals surface area contributed by atoms with E-state index in [4.69, 9.17) is 22.8 Å².